The number of hydrogen-bond donors (Lipinski definition) is 1. The van der Waals surface area contributed by atoms with Crippen molar-refractivity contribution in [3.05, 3.63) is 92.9 Å². The molecule has 0 spiro atoms. The number of sulfonamides is 1. The first-order chi connectivity index (χ1) is 14.2. The minimum atomic E-state index is -3.82. The number of esters is 1. The number of carbonyl (C=O) groups is 1. The summed E-state index contributed by atoms with van der Waals surface area (Å²) >= 11 is 9.17. The predicted molar refractivity (Wildman–Crippen MR) is 120 cm³/mol. The van der Waals surface area contributed by atoms with Crippen LogP contribution in [0.5, 0.6) is 5.75 Å². The first-order valence-corrected chi connectivity index (χ1v) is 11.3. The third-order valence-corrected chi connectivity index (χ3v) is 5.95. The van der Waals surface area contributed by atoms with Gasteiger partial charge in [0.2, 0.25) is 0 Å². The summed E-state index contributed by atoms with van der Waals surface area (Å²) in [6.07, 6.45) is 1.26. The number of rotatable bonds is 6. The molecule has 0 atom stereocenters. The molecule has 30 heavy (non-hydrogen) atoms. The maximum atomic E-state index is 12.4. The lowest BCUT2D eigenvalue weighted by atomic mass is 10.2. The second kappa shape index (κ2) is 9.42. The number of halogens is 2. The zero-order chi connectivity index (χ0) is 21.7. The molecule has 3 rings (SSSR count). The highest BCUT2D eigenvalue weighted by Gasteiger charge is 2.14. The van der Waals surface area contributed by atoms with Crippen LogP contribution in [0.3, 0.4) is 0 Å². The largest absolute Gasteiger partial charge is 0.422 e. The molecular formula is C21H16BrClN2O4S. The molecule has 0 aliphatic heterocycles. The smallest absolute Gasteiger partial charge is 0.343 e. The molecule has 0 saturated heterocycles. The summed E-state index contributed by atoms with van der Waals surface area (Å²) in [4.78, 5) is 14.6. The van der Waals surface area contributed by atoms with Crippen molar-refractivity contribution >= 4 is 49.7 Å². The van der Waals surface area contributed by atoms with E-state index in [1.54, 1.807) is 54.6 Å². The van der Waals surface area contributed by atoms with Crippen molar-refractivity contribution in [2.75, 3.05) is 0 Å². The molecule has 6 nitrogen and oxygen atoms in total. The van der Waals surface area contributed by atoms with Gasteiger partial charge < -0.3 is 4.74 Å². The molecule has 0 unspecified atom stereocenters. The first kappa shape index (κ1) is 22.0. The van der Waals surface area contributed by atoms with Gasteiger partial charge in [0.1, 0.15) is 5.75 Å². The van der Waals surface area contributed by atoms with E-state index >= 15 is 0 Å². The molecule has 0 amide bonds. The molecular weight excluding hydrogens is 492 g/mol. The standard InChI is InChI=1S/C21H16BrClN2O4S/c1-14-2-9-19(10-3-14)30(27,28)25-24-13-16-12-17(22)6-11-20(16)29-21(26)15-4-7-18(23)8-5-15/h2-13,25H,1H3. The van der Waals surface area contributed by atoms with Gasteiger partial charge in [-0.1, -0.05) is 45.2 Å². The van der Waals surface area contributed by atoms with Gasteiger partial charge in [0.15, 0.2) is 0 Å². The Morgan fingerprint density at radius 3 is 2.40 bits per heavy atom. The van der Waals surface area contributed by atoms with Crippen molar-refractivity contribution in [2.24, 2.45) is 5.10 Å². The fraction of sp³-hybridized carbons (Fsp3) is 0.0476. The quantitative estimate of drug-likeness (QED) is 0.222. The summed E-state index contributed by atoms with van der Waals surface area (Å²) in [5.41, 5.74) is 1.67. The minimum Gasteiger partial charge on any atom is -0.422 e. The molecule has 3 aromatic rings. The molecule has 0 aliphatic carbocycles. The van der Waals surface area contributed by atoms with Crippen LogP contribution in [-0.2, 0) is 10.0 Å². The third-order valence-electron chi connectivity index (χ3n) is 3.96. The highest BCUT2D eigenvalue weighted by molar-refractivity contribution is 9.10. The number of hydrazone groups is 1. The van der Waals surface area contributed by atoms with Crippen molar-refractivity contribution in [3.8, 4) is 5.75 Å². The van der Waals surface area contributed by atoms with Crippen LogP contribution in [0.2, 0.25) is 5.02 Å². The number of hydrogen-bond acceptors (Lipinski definition) is 5. The van der Waals surface area contributed by atoms with Gasteiger partial charge >= 0.3 is 5.97 Å². The average Bonchev–Trinajstić information content (AvgIpc) is 2.70. The van der Waals surface area contributed by atoms with E-state index < -0.39 is 16.0 Å². The van der Waals surface area contributed by atoms with Crippen LogP contribution in [-0.4, -0.2) is 20.6 Å². The second-order valence-electron chi connectivity index (χ2n) is 6.24. The maximum absolute atomic E-state index is 12.4. The fourth-order valence-corrected chi connectivity index (χ4v) is 3.69. The van der Waals surface area contributed by atoms with Crippen molar-refractivity contribution in [1.82, 2.24) is 4.83 Å². The zero-order valence-corrected chi connectivity index (χ0v) is 18.8. The molecule has 3 aromatic carbocycles. The van der Waals surface area contributed by atoms with E-state index in [2.05, 4.69) is 25.9 Å². The lowest BCUT2D eigenvalue weighted by Crippen LogP contribution is -2.18. The topological polar surface area (TPSA) is 84.8 Å². The van der Waals surface area contributed by atoms with Gasteiger partial charge in [-0.25, -0.2) is 9.63 Å². The van der Waals surface area contributed by atoms with Crippen molar-refractivity contribution in [1.29, 1.82) is 0 Å². The number of nitrogens with zero attached hydrogens (tertiary/aromatic N) is 1. The van der Waals surface area contributed by atoms with Gasteiger partial charge in [0.05, 0.1) is 16.7 Å². The van der Waals surface area contributed by atoms with Gasteiger partial charge in [-0.2, -0.15) is 13.5 Å². The van der Waals surface area contributed by atoms with Gasteiger partial charge in [0.25, 0.3) is 10.0 Å². The Kier molecular flexibility index (Phi) is 6.91. The SMILES string of the molecule is Cc1ccc(S(=O)(=O)NN=Cc2cc(Br)ccc2OC(=O)c2ccc(Cl)cc2)cc1. The number of ether oxygens (including phenoxy) is 1. The number of carbonyl (C=O) groups excluding carboxylic acids is 1. The molecule has 0 bridgehead atoms. The normalized spacial score (nSPS) is 11.4. The van der Waals surface area contributed by atoms with Gasteiger partial charge in [-0.15, -0.1) is 0 Å². The van der Waals surface area contributed by atoms with E-state index in [4.69, 9.17) is 16.3 Å². The fourth-order valence-electron chi connectivity index (χ4n) is 2.39. The Morgan fingerprint density at radius 1 is 1.07 bits per heavy atom. The summed E-state index contributed by atoms with van der Waals surface area (Å²) in [6, 6.07) is 17.6. The van der Waals surface area contributed by atoms with Gasteiger partial charge in [-0.05, 0) is 61.5 Å². The van der Waals surface area contributed by atoms with Crippen LogP contribution in [0.4, 0.5) is 0 Å². The van der Waals surface area contributed by atoms with Crippen LogP contribution in [0, 0.1) is 6.92 Å². The Labute approximate surface area is 187 Å². The molecule has 0 heterocycles. The number of benzene rings is 3. The average molecular weight is 508 g/mol. The van der Waals surface area contributed by atoms with Gasteiger partial charge in [-0.3, -0.25) is 0 Å². The zero-order valence-electron chi connectivity index (χ0n) is 15.7. The molecule has 0 fully saturated rings. The molecule has 0 radical (unpaired) electrons. The molecule has 1 N–H and O–H groups in total. The summed E-state index contributed by atoms with van der Waals surface area (Å²) in [7, 11) is -3.82. The summed E-state index contributed by atoms with van der Waals surface area (Å²) in [6.45, 7) is 1.86. The molecule has 9 heteroatoms. The molecule has 154 valence electrons. The van der Waals surface area contributed by atoms with Crippen LogP contribution in [0.25, 0.3) is 0 Å². The van der Waals surface area contributed by atoms with Crippen molar-refractivity contribution in [3.63, 3.8) is 0 Å². The van der Waals surface area contributed by atoms with E-state index in [1.165, 1.54) is 18.3 Å². The highest BCUT2D eigenvalue weighted by Crippen LogP contribution is 2.23. The predicted octanol–water partition coefficient (Wildman–Crippen LogP) is 4.94. The first-order valence-electron chi connectivity index (χ1n) is 8.63. The highest BCUT2D eigenvalue weighted by atomic mass is 79.9. The Hall–Kier alpha value is -2.68. The number of nitrogens with one attached hydrogen (secondary N) is 1. The Balaban J connectivity index is 1.78. The van der Waals surface area contributed by atoms with Crippen LogP contribution in [0.15, 0.2) is 81.2 Å². The van der Waals surface area contributed by atoms with E-state index in [0.29, 0.717) is 20.6 Å². The van der Waals surface area contributed by atoms with E-state index in [-0.39, 0.29) is 10.6 Å². The Morgan fingerprint density at radius 2 is 1.73 bits per heavy atom. The van der Waals surface area contributed by atoms with E-state index in [1.807, 2.05) is 6.92 Å². The summed E-state index contributed by atoms with van der Waals surface area (Å²) in [5.74, 6) is -0.361. The van der Waals surface area contributed by atoms with Crippen molar-refractivity contribution < 1.29 is 17.9 Å². The van der Waals surface area contributed by atoms with Crippen LogP contribution >= 0.6 is 27.5 Å². The van der Waals surface area contributed by atoms with Crippen LogP contribution < -0.4 is 9.57 Å². The summed E-state index contributed by atoms with van der Waals surface area (Å²) < 4.78 is 30.8. The lowest BCUT2D eigenvalue weighted by Gasteiger charge is -2.08. The van der Waals surface area contributed by atoms with E-state index in [9.17, 15) is 13.2 Å². The second-order valence-corrected chi connectivity index (χ2v) is 9.26. The molecule has 0 aliphatic rings. The molecule has 0 saturated carbocycles. The third kappa shape index (κ3) is 5.69. The summed E-state index contributed by atoms with van der Waals surface area (Å²) in [5, 5.41) is 4.32. The van der Waals surface area contributed by atoms with Gasteiger partial charge in [0, 0.05) is 15.1 Å². The van der Waals surface area contributed by atoms with E-state index in [0.717, 1.165) is 5.56 Å². The lowest BCUT2D eigenvalue weighted by molar-refractivity contribution is 0.0734. The maximum Gasteiger partial charge on any atom is 0.343 e. The number of aryl methyl sites for hydroxylation is 1. The van der Waals surface area contributed by atoms with Crippen LogP contribution in [0.1, 0.15) is 21.5 Å². The Bertz CT molecular complexity index is 1190. The molecule has 0 aromatic heterocycles. The minimum absolute atomic E-state index is 0.0916. The van der Waals surface area contributed by atoms with Crippen molar-refractivity contribution in [2.45, 2.75) is 11.8 Å². The monoisotopic (exact) mass is 506 g/mol.